The Bertz CT molecular complexity index is 670. The summed E-state index contributed by atoms with van der Waals surface area (Å²) in [4.78, 5) is 5.76. The summed E-state index contributed by atoms with van der Waals surface area (Å²) in [6.07, 6.45) is 1.85. The van der Waals surface area contributed by atoms with Gasteiger partial charge in [-0.1, -0.05) is 0 Å². The smallest absolute Gasteiger partial charge is 0.0729 e. The number of benzene rings is 1. The SMILES string of the molecule is CNc1ccnc2cc3cc(C)sc3cc12. The van der Waals surface area contributed by atoms with E-state index in [0.29, 0.717) is 0 Å². The molecule has 0 fully saturated rings. The van der Waals surface area contributed by atoms with Gasteiger partial charge in [0.05, 0.1) is 5.52 Å². The molecular formula is C13H12N2S. The number of hydrogen-bond acceptors (Lipinski definition) is 3. The van der Waals surface area contributed by atoms with Crippen molar-refractivity contribution in [2.24, 2.45) is 0 Å². The molecular weight excluding hydrogens is 216 g/mol. The van der Waals surface area contributed by atoms with Gasteiger partial charge in [-0.25, -0.2) is 0 Å². The molecule has 16 heavy (non-hydrogen) atoms. The minimum Gasteiger partial charge on any atom is -0.388 e. The molecule has 0 aliphatic carbocycles. The lowest BCUT2D eigenvalue weighted by Gasteiger charge is -2.04. The van der Waals surface area contributed by atoms with Crippen LogP contribution in [0.15, 0.2) is 30.5 Å². The summed E-state index contributed by atoms with van der Waals surface area (Å²) in [5, 5.41) is 5.69. The number of nitrogens with zero attached hydrogens (tertiary/aromatic N) is 1. The van der Waals surface area contributed by atoms with Crippen LogP contribution in [-0.4, -0.2) is 12.0 Å². The van der Waals surface area contributed by atoms with E-state index in [-0.39, 0.29) is 0 Å². The molecule has 0 aliphatic heterocycles. The Labute approximate surface area is 97.9 Å². The van der Waals surface area contributed by atoms with Crippen LogP contribution in [0.5, 0.6) is 0 Å². The number of rotatable bonds is 1. The average molecular weight is 228 g/mol. The van der Waals surface area contributed by atoms with E-state index in [9.17, 15) is 0 Å². The third-order valence-corrected chi connectivity index (χ3v) is 3.79. The van der Waals surface area contributed by atoms with Gasteiger partial charge in [-0.15, -0.1) is 11.3 Å². The van der Waals surface area contributed by atoms with Crippen LogP contribution in [0.4, 0.5) is 5.69 Å². The largest absolute Gasteiger partial charge is 0.388 e. The van der Waals surface area contributed by atoms with Crippen molar-refractivity contribution in [2.75, 3.05) is 12.4 Å². The zero-order chi connectivity index (χ0) is 11.1. The minimum absolute atomic E-state index is 1.05. The van der Waals surface area contributed by atoms with Gasteiger partial charge in [-0.2, -0.15) is 0 Å². The van der Waals surface area contributed by atoms with Gasteiger partial charge in [0.25, 0.3) is 0 Å². The number of aromatic nitrogens is 1. The maximum atomic E-state index is 4.41. The normalized spacial score (nSPS) is 11.1. The van der Waals surface area contributed by atoms with Crippen LogP contribution in [0, 0.1) is 6.92 Å². The Morgan fingerprint density at radius 3 is 2.94 bits per heavy atom. The second-order valence-electron chi connectivity index (χ2n) is 3.87. The molecule has 3 heteroatoms. The van der Waals surface area contributed by atoms with Crippen molar-refractivity contribution < 1.29 is 0 Å². The average Bonchev–Trinajstić information content (AvgIpc) is 2.64. The molecule has 0 spiro atoms. The highest BCUT2D eigenvalue weighted by molar-refractivity contribution is 7.19. The fraction of sp³-hybridized carbons (Fsp3) is 0.154. The highest BCUT2D eigenvalue weighted by atomic mass is 32.1. The summed E-state index contributed by atoms with van der Waals surface area (Å²) in [5.74, 6) is 0. The van der Waals surface area contributed by atoms with Gasteiger partial charge in [0.1, 0.15) is 0 Å². The van der Waals surface area contributed by atoms with Crippen LogP contribution in [0.25, 0.3) is 21.0 Å². The van der Waals surface area contributed by atoms with Crippen molar-refractivity contribution in [1.82, 2.24) is 4.98 Å². The highest BCUT2D eigenvalue weighted by Crippen LogP contribution is 2.31. The predicted octanol–water partition coefficient (Wildman–Crippen LogP) is 3.80. The van der Waals surface area contributed by atoms with E-state index < -0.39 is 0 Å². The molecule has 80 valence electrons. The number of hydrogen-bond donors (Lipinski definition) is 1. The third kappa shape index (κ3) is 1.36. The van der Waals surface area contributed by atoms with Gasteiger partial charge >= 0.3 is 0 Å². The first kappa shape index (κ1) is 9.60. The van der Waals surface area contributed by atoms with Crippen LogP contribution in [0.1, 0.15) is 4.88 Å². The third-order valence-electron chi connectivity index (χ3n) is 2.77. The molecule has 0 unspecified atom stereocenters. The summed E-state index contributed by atoms with van der Waals surface area (Å²) in [6.45, 7) is 2.14. The molecule has 1 N–H and O–H groups in total. The van der Waals surface area contributed by atoms with E-state index in [2.05, 4.69) is 35.4 Å². The molecule has 0 aliphatic rings. The van der Waals surface area contributed by atoms with E-state index in [1.165, 1.54) is 20.3 Å². The number of thiophene rings is 1. The van der Waals surface area contributed by atoms with E-state index in [4.69, 9.17) is 0 Å². The maximum absolute atomic E-state index is 4.41. The maximum Gasteiger partial charge on any atom is 0.0729 e. The Morgan fingerprint density at radius 1 is 1.25 bits per heavy atom. The van der Waals surface area contributed by atoms with E-state index >= 15 is 0 Å². The fourth-order valence-electron chi connectivity index (χ4n) is 2.03. The topological polar surface area (TPSA) is 24.9 Å². The first-order valence-electron chi connectivity index (χ1n) is 5.24. The molecule has 3 rings (SSSR count). The second-order valence-corrected chi connectivity index (χ2v) is 5.16. The summed E-state index contributed by atoms with van der Waals surface area (Å²) in [7, 11) is 1.94. The summed E-state index contributed by atoms with van der Waals surface area (Å²) in [5.41, 5.74) is 2.19. The number of pyridine rings is 1. The predicted molar refractivity (Wildman–Crippen MR) is 71.4 cm³/mol. The van der Waals surface area contributed by atoms with Crippen LogP contribution < -0.4 is 5.32 Å². The molecule has 2 heterocycles. The molecule has 0 atom stereocenters. The zero-order valence-corrected chi connectivity index (χ0v) is 10.1. The Morgan fingerprint density at radius 2 is 2.12 bits per heavy atom. The highest BCUT2D eigenvalue weighted by Gasteiger charge is 2.04. The van der Waals surface area contributed by atoms with Gasteiger partial charge in [0.15, 0.2) is 0 Å². The molecule has 0 amide bonds. The van der Waals surface area contributed by atoms with Crippen molar-refractivity contribution in [2.45, 2.75) is 6.92 Å². The molecule has 2 nitrogen and oxygen atoms in total. The van der Waals surface area contributed by atoms with Gasteiger partial charge in [-0.05, 0) is 36.6 Å². The van der Waals surface area contributed by atoms with Gasteiger partial charge in [-0.3, -0.25) is 4.98 Å². The number of nitrogens with one attached hydrogen (secondary N) is 1. The minimum atomic E-state index is 1.05. The lowest BCUT2D eigenvalue weighted by atomic mass is 10.1. The summed E-state index contributed by atoms with van der Waals surface area (Å²) < 4.78 is 1.33. The number of fused-ring (bicyclic) bond motifs is 2. The summed E-state index contributed by atoms with van der Waals surface area (Å²) in [6, 6.07) is 8.61. The van der Waals surface area contributed by atoms with Crippen LogP contribution in [0.3, 0.4) is 0 Å². The molecule has 3 aromatic rings. The lowest BCUT2D eigenvalue weighted by Crippen LogP contribution is -1.90. The van der Waals surface area contributed by atoms with Crippen molar-refractivity contribution in [1.29, 1.82) is 0 Å². The van der Waals surface area contributed by atoms with Gasteiger partial charge < -0.3 is 5.32 Å². The first-order chi connectivity index (χ1) is 7.78. The van der Waals surface area contributed by atoms with Crippen molar-refractivity contribution in [3.05, 3.63) is 35.3 Å². The monoisotopic (exact) mass is 228 g/mol. The van der Waals surface area contributed by atoms with E-state index in [1.807, 2.05) is 30.6 Å². The Balaban J connectivity index is 2.45. The lowest BCUT2D eigenvalue weighted by molar-refractivity contribution is 1.40. The molecule has 0 saturated heterocycles. The van der Waals surface area contributed by atoms with E-state index in [0.717, 1.165) is 11.2 Å². The number of anilines is 1. The van der Waals surface area contributed by atoms with Crippen molar-refractivity contribution in [3.8, 4) is 0 Å². The molecule has 2 aromatic heterocycles. The quantitative estimate of drug-likeness (QED) is 0.685. The molecule has 0 radical (unpaired) electrons. The molecule has 1 aromatic carbocycles. The van der Waals surface area contributed by atoms with Crippen LogP contribution in [0.2, 0.25) is 0 Å². The van der Waals surface area contributed by atoms with E-state index in [1.54, 1.807) is 0 Å². The van der Waals surface area contributed by atoms with Crippen LogP contribution in [-0.2, 0) is 0 Å². The first-order valence-corrected chi connectivity index (χ1v) is 6.06. The zero-order valence-electron chi connectivity index (χ0n) is 9.24. The van der Waals surface area contributed by atoms with Gasteiger partial charge in [0, 0.05) is 33.9 Å². The Hall–Kier alpha value is -1.61. The fourth-order valence-corrected chi connectivity index (χ4v) is 2.98. The summed E-state index contributed by atoms with van der Waals surface area (Å²) >= 11 is 1.83. The second kappa shape index (κ2) is 3.46. The Kier molecular flexibility index (Phi) is 2.07. The van der Waals surface area contributed by atoms with Crippen molar-refractivity contribution >= 4 is 38.0 Å². The number of aryl methyl sites for hydroxylation is 1. The standard InChI is InChI=1S/C13H12N2S/c1-8-5-9-6-12-10(7-13(9)16-8)11(14-2)3-4-15-12/h3-7H,1-2H3,(H,14,15). The molecule has 0 saturated carbocycles. The van der Waals surface area contributed by atoms with Gasteiger partial charge in [0.2, 0.25) is 0 Å². The van der Waals surface area contributed by atoms with Crippen LogP contribution >= 0.6 is 11.3 Å². The molecule has 0 bridgehead atoms. The van der Waals surface area contributed by atoms with Crippen molar-refractivity contribution in [3.63, 3.8) is 0 Å².